The van der Waals surface area contributed by atoms with Gasteiger partial charge in [-0.25, -0.2) is 4.98 Å². The van der Waals surface area contributed by atoms with Gasteiger partial charge in [0.1, 0.15) is 5.69 Å². The second-order valence-electron chi connectivity index (χ2n) is 6.65. The summed E-state index contributed by atoms with van der Waals surface area (Å²) in [5, 5.41) is 6.19. The number of ether oxygens (including phenoxy) is 2. The molecule has 0 atom stereocenters. The molecule has 28 heavy (non-hydrogen) atoms. The molecule has 0 spiro atoms. The topological polar surface area (TPSA) is 72.5 Å². The largest absolute Gasteiger partial charge is 0.454 e. The van der Waals surface area contributed by atoms with Crippen LogP contribution >= 0.6 is 0 Å². The van der Waals surface area contributed by atoms with Gasteiger partial charge >= 0.3 is 0 Å². The van der Waals surface area contributed by atoms with Crippen molar-refractivity contribution in [3.63, 3.8) is 0 Å². The van der Waals surface area contributed by atoms with Crippen molar-refractivity contribution in [3.8, 4) is 11.5 Å². The quantitative estimate of drug-likeness (QED) is 0.688. The van der Waals surface area contributed by atoms with Gasteiger partial charge in [-0.15, -0.1) is 0 Å². The summed E-state index contributed by atoms with van der Waals surface area (Å²) >= 11 is 0. The first-order chi connectivity index (χ1) is 13.7. The molecule has 2 N–H and O–H groups in total. The van der Waals surface area contributed by atoms with Gasteiger partial charge in [-0.1, -0.05) is 35.9 Å². The monoisotopic (exact) mass is 375 g/mol. The van der Waals surface area contributed by atoms with Crippen molar-refractivity contribution in [1.82, 2.24) is 10.3 Å². The van der Waals surface area contributed by atoms with Gasteiger partial charge < -0.3 is 20.1 Å². The molecular weight excluding hydrogens is 354 g/mol. The molecule has 1 amide bonds. The van der Waals surface area contributed by atoms with Crippen molar-refractivity contribution < 1.29 is 14.3 Å². The molecule has 6 nitrogen and oxygen atoms in total. The molecule has 0 radical (unpaired) electrons. The lowest BCUT2D eigenvalue weighted by Gasteiger charge is -2.09. The number of anilines is 1. The molecule has 0 saturated heterocycles. The first-order valence-corrected chi connectivity index (χ1v) is 9.09. The third-order valence-electron chi connectivity index (χ3n) is 4.47. The van der Waals surface area contributed by atoms with E-state index < -0.39 is 0 Å². The Kier molecular flexibility index (Phi) is 5.10. The van der Waals surface area contributed by atoms with Crippen LogP contribution in [0.5, 0.6) is 11.5 Å². The number of nitrogens with zero attached hydrogens (tertiary/aromatic N) is 1. The molecule has 1 aliphatic heterocycles. The van der Waals surface area contributed by atoms with Crippen LogP contribution in [0.25, 0.3) is 0 Å². The highest BCUT2D eigenvalue weighted by atomic mass is 16.7. The molecular formula is C22H21N3O3. The maximum absolute atomic E-state index is 12.3. The van der Waals surface area contributed by atoms with E-state index in [0.29, 0.717) is 24.5 Å². The van der Waals surface area contributed by atoms with Gasteiger partial charge in [0.05, 0.1) is 11.9 Å². The van der Waals surface area contributed by atoms with E-state index in [0.717, 1.165) is 17.0 Å². The van der Waals surface area contributed by atoms with Gasteiger partial charge in [0.15, 0.2) is 11.5 Å². The first-order valence-electron chi connectivity index (χ1n) is 9.09. The van der Waals surface area contributed by atoms with E-state index in [4.69, 9.17) is 9.47 Å². The van der Waals surface area contributed by atoms with Gasteiger partial charge in [0.2, 0.25) is 6.79 Å². The third kappa shape index (κ3) is 4.23. The molecule has 1 aromatic heterocycles. The van der Waals surface area contributed by atoms with Crippen molar-refractivity contribution in [3.05, 3.63) is 83.2 Å². The van der Waals surface area contributed by atoms with Crippen LogP contribution in [0.4, 0.5) is 5.69 Å². The van der Waals surface area contributed by atoms with Crippen LogP contribution in [0.2, 0.25) is 0 Å². The number of aromatic nitrogens is 1. The summed E-state index contributed by atoms with van der Waals surface area (Å²) in [5.74, 6) is 1.21. The summed E-state index contributed by atoms with van der Waals surface area (Å²) < 4.78 is 10.6. The highest BCUT2D eigenvalue weighted by molar-refractivity contribution is 5.92. The highest BCUT2D eigenvalue weighted by Crippen LogP contribution is 2.32. The van der Waals surface area contributed by atoms with Crippen molar-refractivity contribution in [2.75, 3.05) is 12.1 Å². The van der Waals surface area contributed by atoms with Crippen LogP contribution in [-0.2, 0) is 13.1 Å². The Hall–Kier alpha value is -3.54. The fourth-order valence-electron chi connectivity index (χ4n) is 2.98. The minimum Gasteiger partial charge on any atom is -0.454 e. The standard InChI is InChI=1S/C22H21N3O3/c1-15-3-2-4-16(9-15)11-23-18-6-7-19(24-13-18)22(26)25-12-17-5-8-20-21(10-17)28-14-27-20/h2-10,13,23H,11-12,14H2,1H3,(H,25,26). The summed E-state index contributed by atoms with van der Waals surface area (Å²) in [6, 6.07) is 17.5. The Labute approximate surface area is 163 Å². The van der Waals surface area contributed by atoms with Crippen molar-refractivity contribution in [2.45, 2.75) is 20.0 Å². The van der Waals surface area contributed by atoms with Gasteiger partial charge in [-0.05, 0) is 42.3 Å². The van der Waals surface area contributed by atoms with E-state index in [-0.39, 0.29) is 12.7 Å². The van der Waals surface area contributed by atoms with Gasteiger partial charge in [0.25, 0.3) is 5.91 Å². The van der Waals surface area contributed by atoms with Crippen LogP contribution in [0, 0.1) is 6.92 Å². The molecule has 2 aromatic carbocycles. The Morgan fingerprint density at radius 3 is 2.68 bits per heavy atom. The number of aryl methyl sites for hydroxylation is 1. The minimum atomic E-state index is -0.220. The van der Waals surface area contributed by atoms with E-state index in [1.165, 1.54) is 11.1 Å². The number of carbonyl (C=O) groups excluding carboxylic acids is 1. The summed E-state index contributed by atoms with van der Waals surface area (Å²) in [5.41, 5.74) is 4.61. The fourth-order valence-corrected chi connectivity index (χ4v) is 2.98. The number of fused-ring (bicyclic) bond motifs is 1. The Morgan fingerprint density at radius 1 is 1.00 bits per heavy atom. The maximum atomic E-state index is 12.3. The lowest BCUT2D eigenvalue weighted by molar-refractivity contribution is 0.0946. The number of benzene rings is 2. The zero-order chi connectivity index (χ0) is 19.3. The molecule has 0 aliphatic carbocycles. The molecule has 1 aliphatic rings. The number of pyridine rings is 1. The van der Waals surface area contributed by atoms with E-state index >= 15 is 0 Å². The Morgan fingerprint density at radius 2 is 1.86 bits per heavy atom. The lowest BCUT2D eigenvalue weighted by atomic mass is 10.1. The van der Waals surface area contributed by atoms with Crippen LogP contribution in [-0.4, -0.2) is 17.7 Å². The highest BCUT2D eigenvalue weighted by Gasteiger charge is 2.14. The molecule has 6 heteroatoms. The predicted molar refractivity (Wildman–Crippen MR) is 106 cm³/mol. The molecule has 0 bridgehead atoms. The van der Waals surface area contributed by atoms with E-state index in [9.17, 15) is 4.79 Å². The second-order valence-corrected chi connectivity index (χ2v) is 6.65. The van der Waals surface area contributed by atoms with E-state index in [1.54, 1.807) is 12.3 Å². The molecule has 2 heterocycles. The van der Waals surface area contributed by atoms with Crippen molar-refractivity contribution >= 4 is 11.6 Å². The average Bonchev–Trinajstić information content (AvgIpc) is 3.19. The van der Waals surface area contributed by atoms with Crippen LogP contribution in [0.1, 0.15) is 27.2 Å². The summed E-state index contributed by atoms with van der Waals surface area (Å²) in [7, 11) is 0. The molecule has 0 fully saturated rings. The second kappa shape index (κ2) is 8.00. The predicted octanol–water partition coefficient (Wildman–Crippen LogP) is 3.66. The van der Waals surface area contributed by atoms with E-state index in [2.05, 4.69) is 40.7 Å². The summed E-state index contributed by atoms with van der Waals surface area (Å²) in [4.78, 5) is 16.6. The van der Waals surface area contributed by atoms with Crippen LogP contribution in [0.3, 0.4) is 0 Å². The number of hydrogen-bond donors (Lipinski definition) is 2. The number of hydrogen-bond acceptors (Lipinski definition) is 5. The summed E-state index contributed by atoms with van der Waals surface area (Å²) in [6.07, 6.45) is 1.67. The third-order valence-corrected chi connectivity index (χ3v) is 4.47. The molecule has 0 saturated carbocycles. The molecule has 0 unspecified atom stereocenters. The summed E-state index contributed by atoms with van der Waals surface area (Å²) in [6.45, 7) is 3.41. The number of amides is 1. The van der Waals surface area contributed by atoms with Crippen molar-refractivity contribution in [2.24, 2.45) is 0 Å². The number of nitrogens with one attached hydrogen (secondary N) is 2. The zero-order valence-electron chi connectivity index (χ0n) is 15.6. The molecule has 142 valence electrons. The van der Waals surface area contributed by atoms with E-state index in [1.807, 2.05) is 30.3 Å². The Bertz CT molecular complexity index is 987. The van der Waals surface area contributed by atoms with Gasteiger partial charge in [-0.2, -0.15) is 0 Å². The average molecular weight is 375 g/mol. The molecule has 3 aromatic rings. The molecule has 4 rings (SSSR count). The Balaban J connectivity index is 1.31. The van der Waals surface area contributed by atoms with Crippen molar-refractivity contribution in [1.29, 1.82) is 0 Å². The number of rotatable bonds is 6. The SMILES string of the molecule is Cc1cccc(CNc2ccc(C(=O)NCc3ccc4c(c3)OCO4)nc2)c1. The minimum absolute atomic E-state index is 0.220. The smallest absolute Gasteiger partial charge is 0.270 e. The van der Waals surface area contributed by atoms with Gasteiger partial charge in [0, 0.05) is 13.1 Å². The normalized spacial score (nSPS) is 11.9. The van der Waals surface area contributed by atoms with Gasteiger partial charge in [-0.3, -0.25) is 4.79 Å². The van der Waals surface area contributed by atoms with Crippen LogP contribution < -0.4 is 20.1 Å². The fraction of sp³-hybridized carbons (Fsp3) is 0.182. The maximum Gasteiger partial charge on any atom is 0.270 e. The number of carbonyl (C=O) groups is 1. The zero-order valence-corrected chi connectivity index (χ0v) is 15.6. The lowest BCUT2D eigenvalue weighted by Crippen LogP contribution is -2.23. The van der Waals surface area contributed by atoms with Crippen LogP contribution in [0.15, 0.2) is 60.8 Å². The first kappa shape index (κ1) is 17.9.